The molecule has 0 bridgehead atoms. The van der Waals surface area contributed by atoms with E-state index in [0.29, 0.717) is 6.42 Å². The fourth-order valence-electron chi connectivity index (χ4n) is 2.44. The summed E-state index contributed by atoms with van der Waals surface area (Å²) < 4.78 is 13.9. The third-order valence-electron chi connectivity index (χ3n) is 3.31. The highest BCUT2D eigenvalue weighted by Gasteiger charge is 2.20. The van der Waals surface area contributed by atoms with Gasteiger partial charge in [0.1, 0.15) is 11.6 Å². The van der Waals surface area contributed by atoms with Crippen molar-refractivity contribution in [1.29, 1.82) is 0 Å². The molecule has 2 heteroatoms. The van der Waals surface area contributed by atoms with Gasteiger partial charge in [0.2, 0.25) is 0 Å². The number of aryl methyl sites for hydroxylation is 1. The number of hydrogen-bond donors (Lipinski definition) is 1. The zero-order valence-corrected chi connectivity index (χ0v) is 11.3. The molecule has 2 rings (SSSR count). The van der Waals surface area contributed by atoms with Gasteiger partial charge >= 0.3 is 0 Å². The molecule has 0 fully saturated rings. The van der Waals surface area contributed by atoms with Crippen molar-refractivity contribution in [2.24, 2.45) is 0 Å². The zero-order valence-electron chi connectivity index (χ0n) is 11.3. The molecule has 2 aromatic carbocycles. The maximum absolute atomic E-state index is 13.9. The van der Waals surface area contributed by atoms with Gasteiger partial charge in [-0.15, -0.1) is 0 Å². The molecule has 0 aromatic heterocycles. The highest BCUT2D eigenvalue weighted by molar-refractivity contribution is 5.91. The largest absolute Gasteiger partial charge is 0.508 e. The fraction of sp³-hybridized carbons (Fsp3) is 0.375. The summed E-state index contributed by atoms with van der Waals surface area (Å²) in [6.07, 6.45) is 0.650. The van der Waals surface area contributed by atoms with Crippen LogP contribution in [0.4, 0.5) is 4.39 Å². The second kappa shape index (κ2) is 4.27. The van der Waals surface area contributed by atoms with Crippen LogP contribution in [0.3, 0.4) is 0 Å². The van der Waals surface area contributed by atoms with Crippen LogP contribution < -0.4 is 0 Å². The van der Waals surface area contributed by atoms with Crippen molar-refractivity contribution in [1.82, 2.24) is 0 Å². The standard InChI is InChI=1S/C16H19FO/c1-5-12-14(17)7-6-10-8-11(18)9-13(15(10)12)16(2,3)4/h6-9,18H,5H2,1-4H3. The number of phenols is 1. The highest BCUT2D eigenvalue weighted by atomic mass is 19.1. The van der Waals surface area contributed by atoms with Gasteiger partial charge in [-0.25, -0.2) is 4.39 Å². The first-order valence-corrected chi connectivity index (χ1v) is 6.29. The second-order valence-electron chi connectivity index (χ2n) is 5.72. The first-order chi connectivity index (χ1) is 8.34. The average Bonchev–Trinajstić information content (AvgIpc) is 2.27. The number of benzene rings is 2. The Labute approximate surface area is 107 Å². The third kappa shape index (κ3) is 2.07. The monoisotopic (exact) mass is 246 g/mol. The Bertz CT molecular complexity index is 594. The number of rotatable bonds is 1. The Morgan fingerprint density at radius 2 is 1.83 bits per heavy atom. The summed E-state index contributed by atoms with van der Waals surface area (Å²) in [5.74, 6) is 0.0716. The van der Waals surface area contributed by atoms with Gasteiger partial charge in [-0.05, 0) is 51.9 Å². The molecule has 0 saturated heterocycles. The van der Waals surface area contributed by atoms with Crippen LogP contribution >= 0.6 is 0 Å². The van der Waals surface area contributed by atoms with Crippen LogP contribution in [-0.4, -0.2) is 5.11 Å². The van der Waals surface area contributed by atoms with E-state index in [4.69, 9.17) is 0 Å². The first kappa shape index (κ1) is 12.9. The van der Waals surface area contributed by atoms with E-state index in [0.717, 1.165) is 21.9 Å². The minimum absolute atomic E-state index is 0.130. The minimum atomic E-state index is -0.166. The predicted octanol–water partition coefficient (Wildman–Crippen LogP) is 4.54. The number of aromatic hydroxyl groups is 1. The summed E-state index contributed by atoms with van der Waals surface area (Å²) >= 11 is 0. The Kier molecular flexibility index (Phi) is 3.05. The molecule has 0 spiro atoms. The summed E-state index contributed by atoms with van der Waals surface area (Å²) in [5.41, 5.74) is 1.60. The van der Waals surface area contributed by atoms with E-state index < -0.39 is 0 Å². The molecule has 0 atom stereocenters. The summed E-state index contributed by atoms with van der Waals surface area (Å²) in [5, 5.41) is 11.7. The van der Waals surface area contributed by atoms with Gasteiger partial charge in [-0.2, -0.15) is 0 Å². The van der Waals surface area contributed by atoms with Crippen LogP contribution in [0.1, 0.15) is 38.8 Å². The normalized spacial score (nSPS) is 12.1. The third-order valence-corrected chi connectivity index (χ3v) is 3.31. The maximum atomic E-state index is 13.9. The lowest BCUT2D eigenvalue weighted by Crippen LogP contribution is -2.12. The molecule has 18 heavy (non-hydrogen) atoms. The molecule has 0 aliphatic rings. The molecule has 0 radical (unpaired) electrons. The van der Waals surface area contributed by atoms with E-state index in [1.54, 1.807) is 18.2 Å². The summed E-state index contributed by atoms with van der Waals surface area (Å²) in [6.45, 7) is 8.18. The second-order valence-corrected chi connectivity index (χ2v) is 5.72. The molecule has 0 saturated carbocycles. The van der Waals surface area contributed by atoms with Crippen molar-refractivity contribution in [2.45, 2.75) is 39.5 Å². The van der Waals surface area contributed by atoms with Gasteiger partial charge in [-0.1, -0.05) is 33.8 Å². The van der Waals surface area contributed by atoms with E-state index >= 15 is 0 Å². The van der Waals surface area contributed by atoms with Crippen molar-refractivity contribution >= 4 is 10.8 Å². The van der Waals surface area contributed by atoms with Crippen molar-refractivity contribution < 1.29 is 9.50 Å². The van der Waals surface area contributed by atoms with Crippen LogP contribution in [0.5, 0.6) is 5.75 Å². The lowest BCUT2D eigenvalue weighted by atomic mass is 9.81. The maximum Gasteiger partial charge on any atom is 0.127 e. The average molecular weight is 246 g/mol. The van der Waals surface area contributed by atoms with E-state index in [1.165, 1.54) is 6.07 Å². The molecular formula is C16H19FO. The van der Waals surface area contributed by atoms with Crippen molar-refractivity contribution in [3.05, 3.63) is 41.2 Å². The molecule has 0 aliphatic carbocycles. The Balaban J connectivity index is 2.95. The summed E-state index contributed by atoms with van der Waals surface area (Å²) in [4.78, 5) is 0. The molecule has 2 aromatic rings. The van der Waals surface area contributed by atoms with Gasteiger partial charge in [0.25, 0.3) is 0 Å². The molecule has 0 heterocycles. The zero-order chi connectivity index (χ0) is 13.5. The number of hydrogen-bond acceptors (Lipinski definition) is 1. The van der Waals surface area contributed by atoms with Gasteiger partial charge in [0.05, 0.1) is 0 Å². The molecule has 1 nitrogen and oxygen atoms in total. The molecule has 0 aliphatic heterocycles. The topological polar surface area (TPSA) is 20.2 Å². The van der Waals surface area contributed by atoms with Crippen LogP contribution in [0, 0.1) is 5.82 Å². The fourth-order valence-corrected chi connectivity index (χ4v) is 2.44. The van der Waals surface area contributed by atoms with Gasteiger partial charge in [0, 0.05) is 0 Å². The lowest BCUT2D eigenvalue weighted by Gasteiger charge is -2.23. The molecule has 0 unspecified atom stereocenters. The molecule has 0 amide bonds. The molecule has 96 valence electrons. The van der Waals surface area contributed by atoms with Crippen LogP contribution in [0.2, 0.25) is 0 Å². The first-order valence-electron chi connectivity index (χ1n) is 6.29. The van der Waals surface area contributed by atoms with Crippen molar-refractivity contribution in [3.63, 3.8) is 0 Å². The highest BCUT2D eigenvalue weighted by Crippen LogP contribution is 2.36. The summed E-state index contributed by atoms with van der Waals surface area (Å²) in [7, 11) is 0. The van der Waals surface area contributed by atoms with Crippen molar-refractivity contribution in [3.8, 4) is 5.75 Å². The smallest absolute Gasteiger partial charge is 0.127 e. The van der Waals surface area contributed by atoms with E-state index in [1.807, 2.05) is 6.92 Å². The van der Waals surface area contributed by atoms with Crippen LogP contribution in [0.25, 0.3) is 10.8 Å². The van der Waals surface area contributed by atoms with E-state index in [-0.39, 0.29) is 17.0 Å². The van der Waals surface area contributed by atoms with Gasteiger partial charge in [-0.3, -0.25) is 0 Å². The summed E-state index contributed by atoms with van der Waals surface area (Å²) in [6, 6.07) is 6.66. The quantitative estimate of drug-likeness (QED) is 0.783. The number of phenolic OH excluding ortho intramolecular Hbond substituents is 1. The van der Waals surface area contributed by atoms with Crippen molar-refractivity contribution in [2.75, 3.05) is 0 Å². The number of halogens is 1. The predicted molar refractivity (Wildman–Crippen MR) is 73.6 cm³/mol. The Morgan fingerprint density at radius 1 is 1.17 bits per heavy atom. The SMILES string of the molecule is CCc1c(F)ccc2cc(O)cc(C(C)(C)C)c12. The number of fused-ring (bicyclic) bond motifs is 1. The van der Waals surface area contributed by atoms with Gasteiger partial charge in [0.15, 0.2) is 0 Å². The minimum Gasteiger partial charge on any atom is -0.508 e. The molecule has 1 N–H and O–H groups in total. The van der Waals surface area contributed by atoms with E-state index in [2.05, 4.69) is 20.8 Å². The Morgan fingerprint density at radius 3 is 2.39 bits per heavy atom. The van der Waals surface area contributed by atoms with Crippen LogP contribution in [0.15, 0.2) is 24.3 Å². The van der Waals surface area contributed by atoms with Crippen LogP contribution in [-0.2, 0) is 11.8 Å². The van der Waals surface area contributed by atoms with Gasteiger partial charge < -0.3 is 5.11 Å². The Hall–Kier alpha value is -1.57. The van der Waals surface area contributed by atoms with E-state index in [9.17, 15) is 9.50 Å². The lowest BCUT2D eigenvalue weighted by molar-refractivity contribution is 0.472. The molecular weight excluding hydrogens is 227 g/mol.